The first-order chi connectivity index (χ1) is 22.7. The summed E-state index contributed by atoms with van der Waals surface area (Å²) in [6, 6.07) is 31.5. The molecule has 0 heterocycles. The second kappa shape index (κ2) is 15.2. The van der Waals surface area contributed by atoms with Gasteiger partial charge in [0.2, 0.25) is 17.7 Å². The quantitative estimate of drug-likeness (QED) is 0.172. The van der Waals surface area contributed by atoms with E-state index in [2.05, 4.69) is 28.1 Å². The van der Waals surface area contributed by atoms with Gasteiger partial charge in [0.1, 0.15) is 24.7 Å². The van der Waals surface area contributed by atoms with Gasteiger partial charge in [-0.15, -0.1) is 0 Å². The number of rotatable bonds is 13. The summed E-state index contributed by atoms with van der Waals surface area (Å²) >= 11 is 0. The third-order valence-corrected chi connectivity index (χ3v) is 8.42. The molecular formula is C38H40N4O5. The Labute approximate surface area is 274 Å². The molecule has 0 saturated carbocycles. The Morgan fingerprint density at radius 2 is 1.09 bits per heavy atom. The van der Waals surface area contributed by atoms with Crippen molar-refractivity contribution in [3.05, 3.63) is 131 Å². The highest BCUT2D eigenvalue weighted by Crippen LogP contribution is 2.44. The van der Waals surface area contributed by atoms with Gasteiger partial charge in [-0.1, -0.05) is 123 Å². The molecule has 47 heavy (non-hydrogen) atoms. The van der Waals surface area contributed by atoms with Crippen LogP contribution in [-0.2, 0) is 32.0 Å². The molecule has 0 fully saturated rings. The number of hydrogen-bond acceptors (Lipinski definition) is 5. The number of primary amides is 1. The summed E-state index contributed by atoms with van der Waals surface area (Å²) in [6.45, 7) is 3.63. The van der Waals surface area contributed by atoms with E-state index < -0.39 is 41.9 Å². The average Bonchev–Trinajstić information content (AvgIpc) is 3.39. The van der Waals surface area contributed by atoms with Crippen LogP contribution < -0.4 is 21.7 Å². The summed E-state index contributed by atoms with van der Waals surface area (Å²) in [5, 5.41) is 8.27. The summed E-state index contributed by atoms with van der Waals surface area (Å²) in [4.78, 5) is 52.7. The molecule has 1 aliphatic rings. The number of nitrogens with two attached hydrogens (primary N) is 1. The van der Waals surface area contributed by atoms with Gasteiger partial charge in [0.25, 0.3) is 0 Å². The van der Waals surface area contributed by atoms with E-state index in [1.807, 2.05) is 97.1 Å². The average molecular weight is 633 g/mol. The molecule has 0 saturated heterocycles. The number of alkyl carbamates (subject to hydrolysis) is 1. The molecule has 5 N–H and O–H groups in total. The van der Waals surface area contributed by atoms with Crippen LogP contribution in [0.3, 0.4) is 0 Å². The van der Waals surface area contributed by atoms with Crippen molar-refractivity contribution in [2.75, 3.05) is 6.61 Å². The van der Waals surface area contributed by atoms with Crippen LogP contribution in [0.1, 0.15) is 42.0 Å². The van der Waals surface area contributed by atoms with Crippen molar-refractivity contribution < 1.29 is 23.9 Å². The number of hydrogen-bond donors (Lipinski definition) is 4. The van der Waals surface area contributed by atoms with Crippen LogP contribution in [0.4, 0.5) is 4.79 Å². The molecule has 3 atom stereocenters. The molecule has 9 heteroatoms. The van der Waals surface area contributed by atoms with Crippen molar-refractivity contribution in [1.82, 2.24) is 16.0 Å². The minimum atomic E-state index is -1.06. The van der Waals surface area contributed by atoms with Gasteiger partial charge in [0.05, 0.1) is 0 Å². The SMILES string of the molecule is CC(C)C(NC(=O)C(Cc1ccccc1)NC(=O)C(Cc1ccccc1)NC(=O)OCC1c2ccccc2-c2ccccc21)C(N)=O. The number of carbonyl (C=O) groups is 4. The molecule has 0 aliphatic heterocycles. The molecule has 0 aromatic heterocycles. The van der Waals surface area contributed by atoms with Crippen LogP contribution in [-0.4, -0.2) is 48.5 Å². The zero-order valence-corrected chi connectivity index (χ0v) is 26.5. The first kappa shape index (κ1) is 32.9. The van der Waals surface area contributed by atoms with E-state index >= 15 is 0 Å². The molecule has 3 unspecified atom stereocenters. The van der Waals surface area contributed by atoms with E-state index in [-0.39, 0.29) is 31.3 Å². The van der Waals surface area contributed by atoms with E-state index in [1.165, 1.54) is 0 Å². The van der Waals surface area contributed by atoms with Gasteiger partial charge >= 0.3 is 6.09 Å². The molecular weight excluding hydrogens is 592 g/mol. The number of carbonyl (C=O) groups excluding carboxylic acids is 4. The lowest BCUT2D eigenvalue weighted by Crippen LogP contribution is -2.58. The predicted octanol–water partition coefficient (Wildman–Crippen LogP) is 4.49. The molecule has 4 amide bonds. The molecule has 4 aromatic carbocycles. The number of ether oxygens (including phenoxy) is 1. The van der Waals surface area contributed by atoms with Gasteiger partial charge in [-0.2, -0.15) is 0 Å². The van der Waals surface area contributed by atoms with Crippen molar-refractivity contribution in [2.45, 2.75) is 50.7 Å². The maximum atomic E-state index is 13.9. The minimum Gasteiger partial charge on any atom is -0.449 e. The fraction of sp³-hybridized carbons (Fsp3) is 0.263. The van der Waals surface area contributed by atoms with Crippen LogP contribution >= 0.6 is 0 Å². The zero-order chi connectivity index (χ0) is 33.3. The highest BCUT2D eigenvalue weighted by Gasteiger charge is 2.32. The van der Waals surface area contributed by atoms with Crippen molar-refractivity contribution in [1.29, 1.82) is 0 Å². The zero-order valence-electron chi connectivity index (χ0n) is 26.5. The normalized spacial score (nSPS) is 13.9. The highest BCUT2D eigenvalue weighted by atomic mass is 16.5. The lowest BCUT2D eigenvalue weighted by molar-refractivity contribution is -0.132. The summed E-state index contributed by atoms with van der Waals surface area (Å²) in [6.07, 6.45) is -0.433. The van der Waals surface area contributed by atoms with Gasteiger partial charge in [-0.05, 0) is 39.3 Å². The van der Waals surface area contributed by atoms with Gasteiger partial charge in [0, 0.05) is 18.8 Å². The lowest BCUT2D eigenvalue weighted by Gasteiger charge is -2.26. The van der Waals surface area contributed by atoms with Crippen LogP contribution in [0, 0.1) is 5.92 Å². The summed E-state index contributed by atoms with van der Waals surface area (Å²) < 4.78 is 5.75. The molecule has 242 valence electrons. The number of amides is 4. The molecule has 9 nitrogen and oxygen atoms in total. The second-order valence-electron chi connectivity index (χ2n) is 12.1. The van der Waals surface area contributed by atoms with E-state index in [0.29, 0.717) is 0 Å². The number of fused-ring (bicyclic) bond motifs is 3. The van der Waals surface area contributed by atoms with Crippen molar-refractivity contribution >= 4 is 23.8 Å². The predicted molar refractivity (Wildman–Crippen MR) is 180 cm³/mol. The fourth-order valence-electron chi connectivity index (χ4n) is 5.99. The Morgan fingerprint density at radius 3 is 1.57 bits per heavy atom. The van der Waals surface area contributed by atoms with E-state index in [9.17, 15) is 19.2 Å². The lowest BCUT2D eigenvalue weighted by atomic mass is 9.98. The first-order valence-electron chi connectivity index (χ1n) is 15.8. The minimum absolute atomic E-state index is 0.0856. The van der Waals surface area contributed by atoms with Gasteiger partial charge in [0.15, 0.2) is 0 Å². The molecule has 4 aromatic rings. The van der Waals surface area contributed by atoms with Crippen molar-refractivity contribution in [3.63, 3.8) is 0 Å². The fourth-order valence-corrected chi connectivity index (χ4v) is 5.99. The number of nitrogens with one attached hydrogen (secondary N) is 3. The number of benzene rings is 4. The largest absolute Gasteiger partial charge is 0.449 e. The van der Waals surface area contributed by atoms with Crippen LogP contribution in [0.25, 0.3) is 11.1 Å². The molecule has 1 aliphatic carbocycles. The van der Waals surface area contributed by atoms with E-state index in [4.69, 9.17) is 10.5 Å². The maximum absolute atomic E-state index is 13.9. The summed E-state index contributed by atoms with van der Waals surface area (Å²) in [7, 11) is 0. The molecule has 5 rings (SSSR count). The van der Waals surface area contributed by atoms with Crippen molar-refractivity contribution in [2.24, 2.45) is 11.7 Å². The van der Waals surface area contributed by atoms with E-state index in [0.717, 1.165) is 33.4 Å². The molecule has 0 radical (unpaired) electrons. The Balaban J connectivity index is 1.33. The summed E-state index contributed by atoms with van der Waals surface area (Å²) in [5.41, 5.74) is 11.5. The summed E-state index contributed by atoms with van der Waals surface area (Å²) in [5.74, 6) is -2.20. The Hall–Kier alpha value is -5.44. The Kier molecular flexibility index (Phi) is 10.7. The smallest absolute Gasteiger partial charge is 0.407 e. The second-order valence-corrected chi connectivity index (χ2v) is 12.1. The van der Waals surface area contributed by atoms with Crippen LogP contribution in [0.2, 0.25) is 0 Å². The molecule has 0 bridgehead atoms. The van der Waals surface area contributed by atoms with E-state index in [1.54, 1.807) is 13.8 Å². The van der Waals surface area contributed by atoms with Gasteiger partial charge < -0.3 is 26.4 Å². The van der Waals surface area contributed by atoms with Gasteiger partial charge in [-0.25, -0.2) is 4.79 Å². The first-order valence-corrected chi connectivity index (χ1v) is 15.8. The maximum Gasteiger partial charge on any atom is 0.407 e. The van der Waals surface area contributed by atoms with Crippen LogP contribution in [0.5, 0.6) is 0 Å². The Bertz CT molecular complexity index is 1660. The highest BCUT2D eigenvalue weighted by molar-refractivity contribution is 5.94. The molecule has 0 spiro atoms. The van der Waals surface area contributed by atoms with Crippen molar-refractivity contribution in [3.8, 4) is 11.1 Å². The monoisotopic (exact) mass is 632 g/mol. The third kappa shape index (κ3) is 8.24. The van der Waals surface area contributed by atoms with Gasteiger partial charge in [-0.3, -0.25) is 14.4 Å². The standard InChI is InChI=1S/C38H40N4O5/c1-24(2)34(35(39)43)42-37(45)32(21-25-13-5-3-6-14-25)40-36(44)33(22-26-15-7-4-8-16-26)41-38(46)47-23-31-29-19-11-9-17-27(29)28-18-10-12-20-30(28)31/h3-20,24,31-34H,21-23H2,1-2H3,(H2,39,43)(H,40,44)(H,41,46)(H,42,45). The Morgan fingerprint density at radius 1 is 0.638 bits per heavy atom. The van der Waals surface area contributed by atoms with Crippen LogP contribution in [0.15, 0.2) is 109 Å². The topological polar surface area (TPSA) is 140 Å². The third-order valence-electron chi connectivity index (χ3n) is 8.42.